The van der Waals surface area contributed by atoms with Gasteiger partial charge in [-0.1, -0.05) is 24.3 Å². The van der Waals surface area contributed by atoms with Gasteiger partial charge < -0.3 is 14.7 Å². The molecule has 3 amide bonds. The fraction of sp³-hybridized carbons (Fsp3) is 0.450. The Kier molecular flexibility index (Phi) is 6.55. The van der Waals surface area contributed by atoms with Crippen LogP contribution in [0.25, 0.3) is 6.08 Å². The Bertz CT molecular complexity index is 710. The molecule has 0 saturated carbocycles. The van der Waals surface area contributed by atoms with Crippen LogP contribution in [0.1, 0.15) is 44.4 Å². The molecule has 6 heteroatoms. The Morgan fingerprint density at radius 3 is 2.35 bits per heavy atom. The number of benzene rings is 1. The second-order valence-corrected chi connectivity index (χ2v) is 6.41. The molecule has 0 fully saturated rings. The normalized spacial score (nSPS) is 15.4. The van der Waals surface area contributed by atoms with Crippen molar-refractivity contribution in [2.24, 2.45) is 0 Å². The van der Waals surface area contributed by atoms with Gasteiger partial charge in [0.15, 0.2) is 0 Å². The fourth-order valence-corrected chi connectivity index (χ4v) is 3.20. The molecule has 1 aliphatic heterocycles. The van der Waals surface area contributed by atoms with Gasteiger partial charge >= 0.3 is 0 Å². The van der Waals surface area contributed by atoms with Crippen molar-refractivity contribution >= 4 is 23.8 Å². The summed E-state index contributed by atoms with van der Waals surface area (Å²) in [6.07, 6.45) is 3.75. The van der Waals surface area contributed by atoms with Gasteiger partial charge in [-0.3, -0.25) is 14.4 Å². The molecule has 1 aliphatic rings. The summed E-state index contributed by atoms with van der Waals surface area (Å²) < 4.78 is 0. The third kappa shape index (κ3) is 4.31. The van der Waals surface area contributed by atoms with Gasteiger partial charge in [0.05, 0.1) is 19.0 Å². The van der Waals surface area contributed by atoms with Gasteiger partial charge in [0.25, 0.3) is 0 Å². The van der Waals surface area contributed by atoms with E-state index in [9.17, 15) is 14.4 Å². The van der Waals surface area contributed by atoms with E-state index in [2.05, 4.69) is 0 Å². The molecule has 0 saturated heterocycles. The minimum absolute atomic E-state index is 0.0464. The van der Waals surface area contributed by atoms with Crippen LogP contribution in [0.5, 0.6) is 0 Å². The molecule has 0 aromatic heterocycles. The first-order valence-electron chi connectivity index (χ1n) is 8.96. The van der Waals surface area contributed by atoms with Crippen molar-refractivity contribution in [2.75, 3.05) is 26.7 Å². The van der Waals surface area contributed by atoms with Crippen LogP contribution in [0.15, 0.2) is 30.5 Å². The maximum absolute atomic E-state index is 12.7. The molecule has 0 spiro atoms. The maximum atomic E-state index is 12.7. The van der Waals surface area contributed by atoms with E-state index in [-0.39, 0.29) is 36.7 Å². The Labute approximate surface area is 155 Å². The van der Waals surface area contributed by atoms with Gasteiger partial charge in [0, 0.05) is 33.3 Å². The minimum Gasteiger partial charge on any atom is -0.342 e. The Morgan fingerprint density at radius 1 is 1.08 bits per heavy atom. The van der Waals surface area contributed by atoms with Gasteiger partial charge in [-0.15, -0.1) is 0 Å². The average Bonchev–Trinajstić information content (AvgIpc) is 2.62. The van der Waals surface area contributed by atoms with Gasteiger partial charge in [-0.25, -0.2) is 0 Å². The highest BCUT2D eigenvalue weighted by Crippen LogP contribution is 2.33. The van der Waals surface area contributed by atoms with E-state index in [1.165, 1.54) is 11.8 Å². The third-order valence-corrected chi connectivity index (χ3v) is 4.75. The molecule has 1 heterocycles. The number of carbonyl (C=O) groups excluding carboxylic acids is 3. The van der Waals surface area contributed by atoms with Gasteiger partial charge in [-0.2, -0.15) is 0 Å². The Balaban J connectivity index is 2.14. The van der Waals surface area contributed by atoms with Crippen LogP contribution in [0.2, 0.25) is 0 Å². The first-order chi connectivity index (χ1) is 12.4. The predicted molar refractivity (Wildman–Crippen MR) is 101 cm³/mol. The third-order valence-electron chi connectivity index (χ3n) is 4.75. The van der Waals surface area contributed by atoms with Crippen LogP contribution in [-0.4, -0.2) is 59.1 Å². The van der Waals surface area contributed by atoms with E-state index in [0.717, 1.165) is 11.1 Å². The molecule has 0 aliphatic carbocycles. The largest absolute Gasteiger partial charge is 0.342 e. The van der Waals surface area contributed by atoms with Crippen LogP contribution in [0.3, 0.4) is 0 Å². The van der Waals surface area contributed by atoms with Crippen molar-refractivity contribution in [1.82, 2.24) is 14.7 Å². The monoisotopic (exact) mass is 357 g/mol. The number of amides is 3. The van der Waals surface area contributed by atoms with Gasteiger partial charge in [-0.05, 0) is 31.1 Å². The SMILES string of the molecule is CCN(CC)C(=O)CN(C)C(=O)CC1c2ccccc2C=CN1C(C)=O. The number of carbonyl (C=O) groups is 3. The van der Waals surface area contributed by atoms with Crippen molar-refractivity contribution < 1.29 is 14.4 Å². The standard InChI is InChI=1S/C20H27N3O3/c1-5-22(6-2)20(26)14-21(4)19(25)13-18-17-10-8-7-9-16(17)11-12-23(18)15(3)24/h7-12,18H,5-6,13-14H2,1-4H3. The molecule has 140 valence electrons. The van der Waals surface area contributed by atoms with E-state index >= 15 is 0 Å². The molecular formula is C20H27N3O3. The molecule has 6 nitrogen and oxygen atoms in total. The summed E-state index contributed by atoms with van der Waals surface area (Å²) in [6.45, 7) is 6.61. The zero-order chi connectivity index (χ0) is 19.3. The lowest BCUT2D eigenvalue weighted by atomic mass is 9.93. The van der Waals surface area contributed by atoms with E-state index in [1.54, 1.807) is 23.0 Å². The highest BCUT2D eigenvalue weighted by atomic mass is 16.2. The summed E-state index contributed by atoms with van der Waals surface area (Å²) in [5.41, 5.74) is 1.95. The highest BCUT2D eigenvalue weighted by molar-refractivity contribution is 5.86. The van der Waals surface area contributed by atoms with Crippen LogP contribution in [0, 0.1) is 0 Å². The topological polar surface area (TPSA) is 60.9 Å². The molecule has 26 heavy (non-hydrogen) atoms. The zero-order valence-electron chi connectivity index (χ0n) is 15.9. The molecule has 0 bridgehead atoms. The van der Waals surface area contributed by atoms with E-state index < -0.39 is 0 Å². The number of likely N-dealkylation sites (N-methyl/N-ethyl adjacent to an activating group) is 2. The molecule has 1 aromatic carbocycles. The van der Waals surface area contributed by atoms with E-state index in [0.29, 0.717) is 13.1 Å². The fourth-order valence-electron chi connectivity index (χ4n) is 3.20. The second-order valence-electron chi connectivity index (χ2n) is 6.41. The van der Waals surface area contributed by atoms with Crippen molar-refractivity contribution in [3.05, 3.63) is 41.6 Å². The molecule has 1 atom stereocenters. The lowest BCUT2D eigenvalue weighted by Crippen LogP contribution is -2.42. The van der Waals surface area contributed by atoms with Crippen molar-refractivity contribution in [3.8, 4) is 0 Å². The van der Waals surface area contributed by atoms with Gasteiger partial charge in [0.2, 0.25) is 17.7 Å². The first-order valence-corrected chi connectivity index (χ1v) is 8.96. The first kappa shape index (κ1) is 19.7. The van der Waals surface area contributed by atoms with E-state index in [4.69, 9.17) is 0 Å². The lowest BCUT2D eigenvalue weighted by molar-refractivity contribution is -0.140. The lowest BCUT2D eigenvalue weighted by Gasteiger charge is -2.33. The zero-order valence-corrected chi connectivity index (χ0v) is 15.9. The van der Waals surface area contributed by atoms with E-state index in [1.807, 2.05) is 44.2 Å². The summed E-state index contributed by atoms with van der Waals surface area (Å²) >= 11 is 0. The molecule has 2 rings (SSSR count). The molecule has 1 unspecified atom stereocenters. The van der Waals surface area contributed by atoms with Crippen LogP contribution in [0.4, 0.5) is 0 Å². The summed E-state index contributed by atoms with van der Waals surface area (Å²) in [7, 11) is 1.63. The second kappa shape index (κ2) is 8.65. The molecule has 0 N–H and O–H groups in total. The van der Waals surface area contributed by atoms with Crippen molar-refractivity contribution in [1.29, 1.82) is 0 Å². The Morgan fingerprint density at radius 2 is 1.73 bits per heavy atom. The van der Waals surface area contributed by atoms with Gasteiger partial charge in [0.1, 0.15) is 0 Å². The van der Waals surface area contributed by atoms with Crippen molar-refractivity contribution in [2.45, 2.75) is 33.2 Å². The summed E-state index contributed by atoms with van der Waals surface area (Å²) in [5.74, 6) is -0.347. The Hall–Kier alpha value is -2.63. The number of nitrogens with zero attached hydrogens (tertiary/aromatic N) is 3. The van der Waals surface area contributed by atoms with Crippen LogP contribution < -0.4 is 0 Å². The van der Waals surface area contributed by atoms with Crippen LogP contribution in [-0.2, 0) is 14.4 Å². The summed E-state index contributed by atoms with van der Waals surface area (Å²) in [5, 5.41) is 0. The number of fused-ring (bicyclic) bond motifs is 1. The average molecular weight is 357 g/mol. The van der Waals surface area contributed by atoms with Crippen molar-refractivity contribution in [3.63, 3.8) is 0 Å². The van der Waals surface area contributed by atoms with Crippen LogP contribution >= 0.6 is 0 Å². The smallest absolute Gasteiger partial charge is 0.242 e. The predicted octanol–water partition coefficient (Wildman–Crippen LogP) is 2.28. The highest BCUT2D eigenvalue weighted by Gasteiger charge is 2.29. The number of hydrogen-bond donors (Lipinski definition) is 0. The molecular weight excluding hydrogens is 330 g/mol. The minimum atomic E-state index is -0.354. The molecule has 0 radical (unpaired) electrons. The summed E-state index contributed by atoms with van der Waals surface area (Å²) in [6, 6.07) is 7.39. The summed E-state index contributed by atoms with van der Waals surface area (Å²) in [4.78, 5) is 41.7. The maximum Gasteiger partial charge on any atom is 0.242 e. The number of rotatable bonds is 6. The quantitative estimate of drug-likeness (QED) is 0.785. The molecule has 1 aromatic rings. The number of hydrogen-bond acceptors (Lipinski definition) is 3.